The van der Waals surface area contributed by atoms with Crippen LogP contribution in [-0.4, -0.2) is 18.6 Å². The van der Waals surface area contributed by atoms with Crippen LogP contribution in [0, 0.1) is 6.92 Å². The molecule has 0 amide bonds. The molecule has 0 atom stereocenters. The first-order valence-electron chi connectivity index (χ1n) is 7.12. The number of hydrogen-bond acceptors (Lipinski definition) is 5. The predicted octanol–water partition coefficient (Wildman–Crippen LogP) is 2.94. The average molecular weight is 344 g/mol. The lowest BCUT2D eigenvalue weighted by Gasteiger charge is -2.12. The molecule has 0 saturated carbocycles. The molecule has 0 saturated heterocycles. The molecule has 0 unspecified atom stereocenters. The number of benzene rings is 3. The molecule has 3 aromatic carbocycles. The first kappa shape index (κ1) is 15.9. The van der Waals surface area contributed by atoms with E-state index in [2.05, 4.69) is 4.72 Å². The zero-order valence-electron chi connectivity index (χ0n) is 12.8. The van der Waals surface area contributed by atoms with Gasteiger partial charge in [0.15, 0.2) is 0 Å². The standard InChI is InChI=1S/C17H16N2O4S/c1-10-12-7-6-11(8-13(12)14(18)9-17(10)21)24(22,23)19-15-4-2-3-5-16(15)20/h2-9,19-21H,18H2,1H3. The molecule has 0 spiro atoms. The third-order valence-corrected chi connectivity index (χ3v) is 5.20. The number of aromatic hydroxyl groups is 2. The number of nitrogens with one attached hydrogen (secondary N) is 1. The van der Waals surface area contributed by atoms with Gasteiger partial charge in [-0.1, -0.05) is 18.2 Å². The Morgan fingerprint density at radius 1 is 0.958 bits per heavy atom. The van der Waals surface area contributed by atoms with Gasteiger partial charge in [-0.05, 0) is 42.1 Å². The Morgan fingerprint density at radius 3 is 2.38 bits per heavy atom. The van der Waals surface area contributed by atoms with E-state index in [0.29, 0.717) is 16.3 Å². The van der Waals surface area contributed by atoms with E-state index in [9.17, 15) is 18.6 Å². The highest BCUT2D eigenvalue weighted by Gasteiger charge is 2.18. The minimum atomic E-state index is -3.90. The fourth-order valence-corrected chi connectivity index (χ4v) is 3.59. The molecule has 3 rings (SSSR count). The van der Waals surface area contributed by atoms with Crippen LogP contribution >= 0.6 is 0 Å². The molecular weight excluding hydrogens is 328 g/mol. The van der Waals surface area contributed by atoms with Crippen LogP contribution in [0.2, 0.25) is 0 Å². The highest BCUT2D eigenvalue weighted by molar-refractivity contribution is 7.92. The lowest BCUT2D eigenvalue weighted by Crippen LogP contribution is -2.13. The molecule has 3 aromatic rings. The Kier molecular flexibility index (Phi) is 3.73. The largest absolute Gasteiger partial charge is 0.508 e. The van der Waals surface area contributed by atoms with E-state index in [1.54, 1.807) is 25.1 Å². The zero-order valence-corrected chi connectivity index (χ0v) is 13.6. The molecule has 0 aliphatic carbocycles. The number of para-hydroxylation sites is 2. The summed E-state index contributed by atoms with van der Waals surface area (Å²) in [6.45, 7) is 1.73. The summed E-state index contributed by atoms with van der Waals surface area (Å²) in [6, 6.07) is 11.9. The van der Waals surface area contributed by atoms with Crippen molar-refractivity contribution < 1.29 is 18.6 Å². The number of phenolic OH excluding ortho intramolecular Hbond substituents is 2. The average Bonchev–Trinajstić information content (AvgIpc) is 2.54. The van der Waals surface area contributed by atoms with Crippen molar-refractivity contribution in [3.8, 4) is 11.5 Å². The molecule has 124 valence electrons. The van der Waals surface area contributed by atoms with Crippen molar-refractivity contribution in [2.24, 2.45) is 0 Å². The summed E-state index contributed by atoms with van der Waals surface area (Å²) in [7, 11) is -3.90. The maximum Gasteiger partial charge on any atom is 0.262 e. The normalized spacial score (nSPS) is 11.5. The van der Waals surface area contributed by atoms with Crippen molar-refractivity contribution in [2.75, 3.05) is 10.5 Å². The van der Waals surface area contributed by atoms with Crippen molar-refractivity contribution in [1.82, 2.24) is 0 Å². The van der Waals surface area contributed by atoms with Gasteiger partial charge in [-0.2, -0.15) is 0 Å². The van der Waals surface area contributed by atoms with Gasteiger partial charge in [0, 0.05) is 17.1 Å². The number of sulfonamides is 1. The number of nitrogens with two attached hydrogens (primary N) is 1. The number of aryl methyl sites for hydroxylation is 1. The minimum Gasteiger partial charge on any atom is -0.508 e. The molecule has 0 bridgehead atoms. The second-order valence-electron chi connectivity index (χ2n) is 5.44. The molecule has 0 aromatic heterocycles. The first-order chi connectivity index (χ1) is 11.3. The quantitative estimate of drug-likeness (QED) is 0.431. The molecular formula is C17H16N2O4S. The second-order valence-corrected chi connectivity index (χ2v) is 7.12. The van der Waals surface area contributed by atoms with Crippen molar-refractivity contribution in [3.63, 3.8) is 0 Å². The van der Waals surface area contributed by atoms with Crippen LogP contribution in [0.4, 0.5) is 11.4 Å². The highest BCUT2D eigenvalue weighted by atomic mass is 32.2. The van der Waals surface area contributed by atoms with Crippen molar-refractivity contribution in [3.05, 3.63) is 54.1 Å². The number of hydrogen-bond donors (Lipinski definition) is 4. The monoisotopic (exact) mass is 344 g/mol. The van der Waals surface area contributed by atoms with Crippen LogP contribution in [0.15, 0.2) is 53.4 Å². The summed E-state index contributed by atoms with van der Waals surface area (Å²) >= 11 is 0. The molecule has 5 N–H and O–H groups in total. The summed E-state index contributed by atoms with van der Waals surface area (Å²) < 4.78 is 27.4. The lowest BCUT2D eigenvalue weighted by atomic mass is 10.0. The third-order valence-electron chi connectivity index (χ3n) is 3.84. The number of fused-ring (bicyclic) bond motifs is 1. The lowest BCUT2D eigenvalue weighted by molar-refractivity contribution is 0.472. The van der Waals surface area contributed by atoms with Crippen LogP contribution in [0.3, 0.4) is 0 Å². The second kappa shape index (κ2) is 5.61. The molecule has 7 heteroatoms. The molecule has 0 aliphatic rings. The molecule has 0 radical (unpaired) electrons. The molecule has 0 fully saturated rings. The molecule has 0 heterocycles. The first-order valence-corrected chi connectivity index (χ1v) is 8.60. The third kappa shape index (κ3) is 2.69. The van der Waals surface area contributed by atoms with E-state index in [0.717, 1.165) is 0 Å². The number of nitrogen functional groups attached to an aromatic ring is 1. The van der Waals surface area contributed by atoms with Crippen LogP contribution in [0.5, 0.6) is 11.5 Å². The van der Waals surface area contributed by atoms with E-state index in [-0.39, 0.29) is 27.8 Å². The Bertz CT molecular complexity index is 1050. The topological polar surface area (TPSA) is 113 Å². The van der Waals surface area contributed by atoms with Gasteiger partial charge in [-0.3, -0.25) is 4.72 Å². The van der Waals surface area contributed by atoms with Crippen molar-refractivity contribution in [2.45, 2.75) is 11.8 Å². The van der Waals surface area contributed by atoms with E-state index in [4.69, 9.17) is 5.73 Å². The summed E-state index contributed by atoms with van der Waals surface area (Å²) in [5.41, 5.74) is 6.90. The Balaban J connectivity index is 2.10. The van der Waals surface area contributed by atoms with E-state index < -0.39 is 10.0 Å². The maximum atomic E-state index is 12.5. The van der Waals surface area contributed by atoms with Crippen LogP contribution < -0.4 is 10.5 Å². The van der Waals surface area contributed by atoms with Gasteiger partial charge in [-0.15, -0.1) is 0 Å². The summed E-state index contributed by atoms with van der Waals surface area (Å²) in [5, 5.41) is 20.8. The SMILES string of the molecule is Cc1c(O)cc(N)c2cc(S(=O)(=O)Nc3ccccc3O)ccc12. The number of phenols is 2. The van der Waals surface area contributed by atoms with E-state index in [1.807, 2.05) is 0 Å². The van der Waals surface area contributed by atoms with Gasteiger partial charge in [0.1, 0.15) is 11.5 Å². The van der Waals surface area contributed by atoms with Gasteiger partial charge in [-0.25, -0.2) is 8.42 Å². The van der Waals surface area contributed by atoms with Crippen molar-refractivity contribution in [1.29, 1.82) is 0 Å². The summed E-state index contributed by atoms with van der Waals surface area (Å²) in [4.78, 5) is 0.00930. The Morgan fingerprint density at radius 2 is 1.67 bits per heavy atom. The fraction of sp³-hybridized carbons (Fsp3) is 0.0588. The summed E-state index contributed by atoms with van der Waals surface area (Å²) in [6.07, 6.45) is 0. The van der Waals surface area contributed by atoms with Crippen molar-refractivity contribution >= 4 is 32.2 Å². The van der Waals surface area contributed by atoms with Crippen LogP contribution in [0.1, 0.15) is 5.56 Å². The summed E-state index contributed by atoms with van der Waals surface area (Å²) in [5.74, 6) is -0.106. The predicted molar refractivity (Wildman–Crippen MR) is 93.7 cm³/mol. The number of anilines is 2. The molecule has 0 aliphatic heterocycles. The minimum absolute atomic E-state index is 0.00930. The van der Waals surface area contributed by atoms with Gasteiger partial charge >= 0.3 is 0 Å². The zero-order chi connectivity index (χ0) is 17.5. The molecule has 24 heavy (non-hydrogen) atoms. The van der Waals surface area contributed by atoms with E-state index >= 15 is 0 Å². The van der Waals surface area contributed by atoms with E-state index in [1.165, 1.54) is 30.3 Å². The Hall–Kier alpha value is -2.93. The molecule has 6 nitrogen and oxygen atoms in total. The Labute approximate surface area is 139 Å². The fourth-order valence-electron chi connectivity index (χ4n) is 2.49. The van der Waals surface area contributed by atoms with Gasteiger partial charge in [0.05, 0.1) is 10.6 Å². The smallest absolute Gasteiger partial charge is 0.262 e. The van der Waals surface area contributed by atoms with Gasteiger partial charge in [0.25, 0.3) is 10.0 Å². The van der Waals surface area contributed by atoms with Gasteiger partial charge in [0.2, 0.25) is 0 Å². The van der Waals surface area contributed by atoms with Crippen LogP contribution in [0.25, 0.3) is 10.8 Å². The number of rotatable bonds is 3. The maximum absolute atomic E-state index is 12.5. The van der Waals surface area contributed by atoms with Gasteiger partial charge < -0.3 is 15.9 Å². The van der Waals surface area contributed by atoms with Crippen LogP contribution in [-0.2, 0) is 10.0 Å². The highest BCUT2D eigenvalue weighted by Crippen LogP contribution is 2.33.